The average Bonchev–Trinajstić information content (AvgIpc) is 3.95. The van der Waals surface area contributed by atoms with E-state index in [9.17, 15) is 33.6 Å². The molecule has 1 aliphatic heterocycles. The maximum absolute atomic E-state index is 13.7. The molecule has 324 valence electrons. The summed E-state index contributed by atoms with van der Waals surface area (Å²) in [6, 6.07) is 15.4. The van der Waals surface area contributed by atoms with Crippen LogP contribution in [0.15, 0.2) is 73.2 Å². The van der Waals surface area contributed by atoms with Crippen LogP contribution in [0, 0.1) is 11.8 Å². The van der Waals surface area contributed by atoms with Crippen molar-refractivity contribution in [3.63, 3.8) is 0 Å². The predicted molar refractivity (Wildman–Crippen MR) is 226 cm³/mol. The second kappa shape index (κ2) is 22.9. The highest BCUT2D eigenvalue weighted by atomic mass is 16.2. The number of likely N-dealkylation sites (tertiary alicyclic amines) is 1. The third-order valence-electron chi connectivity index (χ3n) is 10.9. The lowest BCUT2D eigenvalue weighted by Crippen LogP contribution is -2.58. The number of carbonyl (C=O) groups excluding carboxylic acids is 7. The van der Waals surface area contributed by atoms with Gasteiger partial charge in [-0.25, -0.2) is 4.98 Å². The van der Waals surface area contributed by atoms with Gasteiger partial charge in [0.2, 0.25) is 41.4 Å². The van der Waals surface area contributed by atoms with E-state index in [-0.39, 0.29) is 30.1 Å². The first-order chi connectivity index (χ1) is 28.7. The topological polar surface area (TPSA) is 224 Å². The molecule has 60 heavy (non-hydrogen) atoms. The molecule has 1 fully saturated rings. The van der Waals surface area contributed by atoms with Crippen LogP contribution in [0.25, 0.3) is 0 Å². The first-order valence-corrected chi connectivity index (χ1v) is 20.8. The maximum Gasteiger partial charge on any atom is 0.243 e. The van der Waals surface area contributed by atoms with E-state index in [1.54, 1.807) is 13.8 Å². The van der Waals surface area contributed by atoms with Crippen molar-refractivity contribution in [3.05, 3.63) is 90.0 Å². The number of aromatic amines is 1. The molecule has 1 saturated heterocycles. The van der Waals surface area contributed by atoms with Gasteiger partial charge < -0.3 is 41.8 Å². The lowest BCUT2D eigenvalue weighted by atomic mass is 9.88. The average molecular weight is 828 g/mol. The Bertz CT molecular complexity index is 1850. The van der Waals surface area contributed by atoms with E-state index >= 15 is 0 Å². The third-order valence-corrected chi connectivity index (χ3v) is 10.9. The quantitative estimate of drug-likeness (QED) is 0.0841. The highest BCUT2D eigenvalue weighted by Gasteiger charge is 2.37. The fourth-order valence-electron chi connectivity index (χ4n) is 7.27. The van der Waals surface area contributed by atoms with Crippen molar-refractivity contribution >= 4 is 41.4 Å². The minimum absolute atomic E-state index is 0.0240. The summed E-state index contributed by atoms with van der Waals surface area (Å²) in [5, 5.41) is 16.4. The molecule has 2 heterocycles. The molecule has 0 aliphatic carbocycles. The molecule has 7 amide bonds. The monoisotopic (exact) mass is 827 g/mol. The van der Waals surface area contributed by atoms with Crippen LogP contribution in [-0.4, -0.2) is 106 Å². The van der Waals surface area contributed by atoms with Gasteiger partial charge in [0.05, 0.1) is 12.9 Å². The number of nitrogens with zero attached hydrogens (tertiary/aromatic N) is 2. The number of benzene rings is 2. The zero-order chi connectivity index (χ0) is 43.8. The van der Waals surface area contributed by atoms with E-state index in [1.807, 2.05) is 50.2 Å². The van der Waals surface area contributed by atoms with Gasteiger partial charge in [-0.3, -0.25) is 33.6 Å². The van der Waals surface area contributed by atoms with Crippen LogP contribution in [0.3, 0.4) is 0 Å². The molecule has 0 spiro atoms. The fourth-order valence-corrected chi connectivity index (χ4v) is 7.27. The Kier molecular flexibility index (Phi) is 17.8. The zero-order valence-electron chi connectivity index (χ0n) is 35.5. The van der Waals surface area contributed by atoms with Gasteiger partial charge in [-0.1, -0.05) is 94.8 Å². The molecule has 0 saturated carbocycles. The van der Waals surface area contributed by atoms with Gasteiger partial charge >= 0.3 is 0 Å². The second-order valence-electron chi connectivity index (χ2n) is 15.8. The van der Waals surface area contributed by atoms with Crippen molar-refractivity contribution in [3.8, 4) is 0 Å². The Morgan fingerprint density at radius 1 is 0.783 bits per heavy atom. The van der Waals surface area contributed by atoms with E-state index in [0.717, 1.165) is 11.1 Å². The van der Waals surface area contributed by atoms with Crippen molar-refractivity contribution in [1.29, 1.82) is 0 Å². The summed E-state index contributed by atoms with van der Waals surface area (Å²) in [5.41, 5.74) is 2.83. The number of carbonyl (C=O) groups is 7. The lowest BCUT2D eigenvalue weighted by molar-refractivity contribution is -0.140. The standard InChI is InChI=1S/C44H61N9O7/c1-7-28(4)39(43(59)46-21-20-34(31-15-10-8-11-16-31)32-17-12-9-13-18-32)52-42(58)36-19-14-22-53(36)37(55)25-47-40(56)29(5)49-41(57)35(23-33-24-45-26-48-33)51-44(60)38(27(2)3)50-30(6)54/h8-13,15-18,24,26-29,34-36,38-39H,7,14,19-23,25H2,1-6H3,(H,45,48)(H,46,59)(H,47,56)(H,49,57)(H,50,54)(H,51,60)(H,52,58)/t28-,29-,35-,36+,38-,39-/m0/s1. The Hall–Kier alpha value is -6.06. The minimum atomic E-state index is -1.13. The van der Waals surface area contributed by atoms with E-state index in [2.05, 4.69) is 66.1 Å². The molecule has 1 aromatic heterocycles. The fraction of sp³-hybridized carbons (Fsp3) is 0.500. The molecule has 0 radical (unpaired) electrons. The largest absolute Gasteiger partial charge is 0.354 e. The summed E-state index contributed by atoms with van der Waals surface area (Å²) < 4.78 is 0. The van der Waals surface area contributed by atoms with Crippen LogP contribution >= 0.6 is 0 Å². The molecular formula is C44H61N9O7. The normalized spacial score (nSPS) is 16.2. The predicted octanol–water partition coefficient (Wildman–Crippen LogP) is 2.08. The summed E-state index contributed by atoms with van der Waals surface area (Å²) in [7, 11) is 0. The van der Waals surface area contributed by atoms with Gasteiger partial charge in [0.15, 0.2) is 0 Å². The van der Waals surface area contributed by atoms with E-state index in [4.69, 9.17) is 0 Å². The van der Waals surface area contributed by atoms with E-state index < -0.39 is 72.2 Å². The number of hydrogen-bond donors (Lipinski definition) is 7. The summed E-state index contributed by atoms with van der Waals surface area (Å²) in [4.78, 5) is 101. The SMILES string of the molecule is CC[C@H](C)[C@H](NC(=O)[C@H]1CCCN1C(=O)CNC(=O)[C@H](C)NC(=O)[C@H](Cc1cnc[nH]1)NC(=O)[C@@H](NC(C)=O)C(C)C)C(=O)NCCC(c1ccccc1)c1ccccc1. The number of imidazole rings is 1. The van der Waals surface area contributed by atoms with Crippen LogP contribution < -0.4 is 31.9 Å². The molecule has 16 nitrogen and oxygen atoms in total. The first kappa shape index (κ1) is 46.6. The van der Waals surface area contributed by atoms with E-state index in [1.165, 1.54) is 31.3 Å². The highest BCUT2D eigenvalue weighted by molar-refractivity contribution is 5.96. The number of H-pyrrole nitrogens is 1. The van der Waals surface area contributed by atoms with E-state index in [0.29, 0.717) is 44.5 Å². The summed E-state index contributed by atoms with van der Waals surface area (Å²) >= 11 is 0. The Balaban J connectivity index is 1.32. The molecule has 1 aliphatic rings. The van der Waals surface area contributed by atoms with Crippen molar-refractivity contribution in [1.82, 2.24) is 46.8 Å². The number of aromatic nitrogens is 2. The second-order valence-corrected chi connectivity index (χ2v) is 15.8. The molecule has 7 N–H and O–H groups in total. The van der Waals surface area contributed by atoms with Gasteiger partial charge in [0.1, 0.15) is 30.2 Å². The zero-order valence-corrected chi connectivity index (χ0v) is 35.5. The molecule has 0 bridgehead atoms. The van der Waals surface area contributed by atoms with Crippen LogP contribution in [0.1, 0.15) is 90.0 Å². The lowest BCUT2D eigenvalue weighted by Gasteiger charge is -2.29. The minimum Gasteiger partial charge on any atom is -0.354 e. The van der Waals surface area contributed by atoms with Crippen LogP contribution in [0.5, 0.6) is 0 Å². The smallest absolute Gasteiger partial charge is 0.243 e. The molecule has 6 atom stereocenters. The highest BCUT2D eigenvalue weighted by Crippen LogP contribution is 2.27. The number of rotatable bonds is 21. The molecule has 4 rings (SSSR count). The Morgan fingerprint density at radius 2 is 1.43 bits per heavy atom. The number of hydrogen-bond acceptors (Lipinski definition) is 8. The van der Waals surface area contributed by atoms with Gasteiger partial charge in [-0.05, 0) is 49.1 Å². The maximum atomic E-state index is 13.7. The van der Waals surface area contributed by atoms with Crippen molar-refractivity contribution < 1.29 is 33.6 Å². The summed E-state index contributed by atoms with van der Waals surface area (Å²) in [5.74, 6) is -3.91. The van der Waals surface area contributed by atoms with Gasteiger partial charge in [0, 0.05) is 44.2 Å². The molecular weight excluding hydrogens is 767 g/mol. The van der Waals surface area contributed by atoms with Crippen molar-refractivity contribution in [2.24, 2.45) is 11.8 Å². The number of amides is 7. The molecule has 16 heteroatoms. The van der Waals surface area contributed by atoms with Crippen LogP contribution in [0.2, 0.25) is 0 Å². The summed E-state index contributed by atoms with van der Waals surface area (Å²) in [6.45, 7) is 10.4. The van der Waals surface area contributed by atoms with Gasteiger partial charge in [-0.2, -0.15) is 0 Å². The van der Waals surface area contributed by atoms with Gasteiger partial charge in [-0.15, -0.1) is 0 Å². The first-order valence-electron chi connectivity index (χ1n) is 20.8. The molecule has 2 aromatic carbocycles. The Morgan fingerprint density at radius 3 is 2.00 bits per heavy atom. The van der Waals surface area contributed by atoms with Crippen molar-refractivity contribution in [2.45, 2.75) is 110 Å². The Labute approximate surface area is 352 Å². The van der Waals surface area contributed by atoms with Gasteiger partial charge in [0.25, 0.3) is 0 Å². The van der Waals surface area contributed by atoms with Crippen LogP contribution in [-0.2, 0) is 40.0 Å². The van der Waals surface area contributed by atoms with Crippen LogP contribution in [0.4, 0.5) is 0 Å². The molecule has 3 aromatic rings. The third kappa shape index (κ3) is 13.5. The van der Waals surface area contributed by atoms with Crippen molar-refractivity contribution in [2.75, 3.05) is 19.6 Å². The summed E-state index contributed by atoms with van der Waals surface area (Å²) in [6.07, 6.45) is 5.20. The number of nitrogens with one attached hydrogen (secondary N) is 7. The molecule has 0 unspecified atom stereocenters.